The second-order valence-corrected chi connectivity index (χ2v) is 7.83. The topological polar surface area (TPSA) is 75.4 Å². The number of anilines is 1. The zero-order valence-electron chi connectivity index (χ0n) is 17.9. The Morgan fingerprint density at radius 2 is 1.87 bits per heavy atom. The number of aliphatic hydroxyl groups is 1. The summed E-state index contributed by atoms with van der Waals surface area (Å²) < 4.78 is 16.5. The van der Waals surface area contributed by atoms with Crippen LogP contribution < -0.4 is 20.0 Å². The maximum Gasteiger partial charge on any atom is 0.336 e. The van der Waals surface area contributed by atoms with Crippen LogP contribution in [0.5, 0.6) is 11.5 Å². The Hall–Kier alpha value is -3.03. The Morgan fingerprint density at radius 1 is 1.10 bits per heavy atom. The van der Waals surface area contributed by atoms with E-state index in [9.17, 15) is 9.90 Å². The predicted molar refractivity (Wildman–Crippen MR) is 120 cm³/mol. The van der Waals surface area contributed by atoms with Crippen LogP contribution >= 0.6 is 0 Å². The van der Waals surface area contributed by atoms with E-state index in [0.717, 1.165) is 48.6 Å². The van der Waals surface area contributed by atoms with Crippen LogP contribution in [0, 0.1) is 6.92 Å². The van der Waals surface area contributed by atoms with Gasteiger partial charge < -0.3 is 23.9 Å². The fourth-order valence-corrected chi connectivity index (χ4v) is 4.00. The summed E-state index contributed by atoms with van der Waals surface area (Å²) in [6.07, 6.45) is -0.613. The number of hydrogen-bond acceptors (Lipinski definition) is 7. The molecule has 0 radical (unpaired) electrons. The number of rotatable bonds is 7. The molecule has 1 fully saturated rings. The maximum absolute atomic E-state index is 11.6. The van der Waals surface area contributed by atoms with E-state index in [4.69, 9.17) is 13.9 Å². The lowest BCUT2D eigenvalue weighted by molar-refractivity contribution is 0.0663. The van der Waals surface area contributed by atoms with Crippen molar-refractivity contribution in [3.8, 4) is 11.5 Å². The molecule has 0 saturated carbocycles. The minimum atomic E-state index is -0.613. The van der Waals surface area contributed by atoms with Gasteiger partial charge in [0.25, 0.3) is 0 Å². The second kappa shape index (κ2) is 9.41. The maximum atomic E-state index is 11.6. The van der Waals surface area contributed by atoms with E-state index in [1.54, 1.807) is 13.2 Å². The summed E-state index contributed by atoms with van der Waals surface area (Å²) in [5.41, 5.74) is 2.08. The van der Waals surface area contributed by atoms with Crippen LogP contribution in [0.1, 0.15) is 5.56 Å². The van der Waals surface area contributed by atoms with Crippen molar-refractivity contribution < 1.29 is 19.0 Å². The van der Waals surface area contributed by atoms with Gasteiger partial charge in [-0.3, -0.25) is 4.90 Å². The molecule has 0 bridgehead atoms. The van der Waals surface area contributed by atoms with Gasteiger partial charge in [0.1, 0.15) is 29.8 Å². The molecule has 2 aromatic carbocycles. The average Bonchev–Trinajstić information content (AvgIpc) is 2.78. The van der Waals surface area contributed by atoms with E-state index in [2.05, 4.69) is 15.9 Å². The highest BCUT2D eigenvalue weighted by Crippen LogP contribution is 2.28. The molecule has 1 atom stereocenters. The molecule has 1 aliphatic rings. The van der Waals surface area contributed by atoms with Crippen molar-refractivity contribution in [3.05, 3.63) is 64.5 Å². The number of fused-ring (bicyclic) bond motifs is 1. The van der Waals surface area contributed by atoms with E-state index >= 15 is 0 Å². The fraction of sp³-hybridized carbons (Fsp3) is 0.375. The minimum absolute atomic E-state index is 0.175. The van der Waals surface area contributed by atoms with Crippen LogP contribution in [-0.2, 0) is 0 Å². The first-order valence-corrected chi connectivity index (χ1v) is 10.5. The van der Waals surface area contributed by atoms with Crippen LogP contribution in [-0.4, -0.2) is 62.6 Å². The zero-order chi connectivity index (χ0) is 21.8. The van der Waals surface area contributed by atoms with Crippen molar-refractivity contribution >= 4 is 16.7 Å². The minimum Gasteiger partial charge on any atom is -0.495 e. The summed E-state index contributed by atoms with van der Waals surface area (Å²) in [6, 6.07) is 14.9. The molecule has 0 aliphatic carbocycles. The lowest BCUT2D eigenvalue weighted by Gasteiger charge is -2.37. The first-order chi connectivity index (χ1) is 15.0. The number of nitrogens with zero attached hydrogens (tertiary/aromatic N) is 2. The molecule has 3 aromatic rings. The van der Waals surface area contributed by atoms with E-state index in [1.807, 2.05) is 37.3 Å². The van der Waals surface area contributed by atoms with Crippen LogP contribution in [0.4, 0.5) is 5.69 Å². The van der Waals surface area contributed by atoms with Gasteiger partial charge >= 0.3 is 5.63 Å². The van der Waals surface area contributed by atoms with Gasteiger partial charge in [0.15, 0.2) is 0 Å². The van der Waals surface area contributed by atoms with Gasteiger partial charge in [0.05, 0.1) is 12.8 Å². The Bertz CT molecular complexity index is 1090. The van der Waals surface area contributed by atoms with Crippen molar-refractivity contribution in [1.82, 2.24) is 4.90 Å². The van der Waals surface area contributed by atoms with Crippen molar-refractivity contribution in [3.63, 3.8) is 0 Å². The predicted octanol–water partition coefficient (Wildman–Crippen LogP) is 2.67. The van der Waals surface area contributed by atoms with Crippen molar-refractivity contribution in [2.24, 2.45) is 0 Å². The third kappa shape index (κ3) is 5.00. The van der Waals surface area contributed by atoms with Gasteiger partial charge in [0, 0.05) is 50.2 Å². The number of aryl methyl sites for hydroxylation is 1. The van der Waals surface area contributed by atoms with Crippen molar-refractivity contribution in [2.75, 3.05) is 51.3 Å². The largest absolute Gasteiger partial charge is 0.495 e. The SMILES string of the molecule is COc1ccccc1N1CCN(C[C@H](O)COc2ccc3c(C)cc(=O)oc3c2)CC1. The quantitative estimate of drug-likeness (QED) is 0.585. The van der Waals surface area contributed by atoms with Gasteiger partial charge in [-0.15, -0.1) is 0 Å². The number of ether oxygens (including phenoxy) is 2. The number of piperazine rings is 1. The molecule has 164 valence electrons. The smallest absolute Gasteiger partial charge is 0.336 e. The van der Waals surface area contributed by atoms with Crippen molar-refractivity contribution in [2.45, 2.75) is 13.0 Å². The normalized spacial score (nSPS) is 15.8. The van der Waals surface area contributed by atoms with E-state index < -0.39 is 6.10 Å². The van der Waals surface area contributed by atoms with Crippen LogP contribution in [0.2, 0.25) is 0 Å². The molecule has 1 aromatic heterocycles. The van der Waals surface area contributed by atoms with Crippen LogP contribution in [0.25, 0.3) is 11.0 Å². The molecule has 4 rings (SSSR count). The second-order valence-electron chi connectivity index (χ2n) is 7.83. The third-order valence-electron chi connectivity index (χ3n) is 5.63. The molecule has 0 spiro atoms. The molecular weight excluding hydrogens is 396 g/mol. The van der Waals surface area contributed by atoms with E-state index in [0.29, 0.717) is 17.9 Å². The Kier molecular flexibility index (Phi) is 6.44. The first kappa shape index (κ1) is 21.2. The highest BCUT2D eigenvalue weighted by atomic mass is 16.5. The molecule has 7 heteroatoms. The summed E-state index contributed by atoms with van der Waals surface area (Å²) in [5.74, 6) is 1.45. The lowest BCUT2D eigenvalue weighted by atomic mass is 10.1. The van der Waals surface area contributed by atoms with Gasteiger partial charge in [0.2, 0.25) is 0 Å². The highest BCUT2D eigenvalue weighted by Gasteiger charge is 2.21. The highest BCUT2D eigenvalue weighted by molar-refractivity contribution is 5.81. The molecule has 7 nitrogen and oxygen atoms in total. The average molecular weight is 424 g/mol. The molecule has 1 N–H and O–H groups in total. The van der Waals surface area contributed by atoms with Gasteiger partial charge in [-0.2, -0.15) is 0 Å². The van der Waals surface area contributed by atoms with E-state index in [-0.39, 0.29) is 12.2 Å². The molecule has 31 heavy (non-hydrogen) atoms. The number of β-amino-alcohol motifs (C(OH)–C–C–N with tert-alkyl or cyclic N) is 1. The van der Waals surface area contributed by atoms with E-state index in [1.165, 1.54) is 6.07 Å². The Labute approximate surface area is 181 Å². The number of para-hydroxylation sites is 2. The molecule has 1 saturated heterocycles. The van der Waals surface area contributed by atoms with Crippen LogP contribution in [0.3, 0.4) is 0 Å². The third-order valence-corrected chi connectivity index (χ3v) is 5.63. The van der Waals surface area contributed by atoms with Crippen molar-refractivity contribution in [1.29, 1.82) is 0 Å². The van der Waals surface area contributed by atoms with Gasteiger partial charge in [-0.05, 0) is 36.8 Å². The van der Waals surface area contributed by atoms with Gasteiger partial charge in [-0.25, -0.2) is 4.79 Å². The lowest BCUT2D eigenvalue weighted by Crippen LogP contribution is -2.49. The summed E-state index contributed by atoms with van der Waals surface area (Å²) in [4.78, 5) is 16.1. The molecular formula is C24H28N2O5. The number of methoxy groups -OCH3 is 1. The standard InChI is InChI=1S/C24H28N2O5/c1-17-13-24(28)31-23-14-19(7-8-20(17)23)30-16-18(27)15-25-9-11-26(12-10-25)21-5-3-4-6-22(21)29-2/h3-8,13-14,18,27H,9-12,15-16H2,1-2H3/t18-/m0/s1. The summed E-state index contributed by atoms with van der Waals surface area (Å²) in [5, 5.41) is 11.3. The summed E-state index contributed by atoms with van der Waals surface area (Å²) >= 11 is 0. The zero-order valence-corrected chi connectivity index (χ0v) is 17.9. The Balaban J connectivity index is 1.28. The summed E-state index contributed by atoms with van der Waals surface area (Å²) in [6.45, 7) is 6.05. The molecule has 1 aliphatic heterocycles. The summed E-state index contributed by atoms with van der Waals surface area (Å²) in [7, 11) is 1.69. The monoisotopic (exact) mass is 424 g/mol. The number of benzene rings is 2. The first-order valence-electron chi connectivity index (χ1n) is 10.5. The Morgan fingerprint density at radius 3 is 2.65 bits per heavy atom. The van der Waals surface area contributed by atoms with Gasteiger partial charge in [-0.1, -0.05) is 12.1 Å². The number of hydrogen-bond donors (Lipinski definition) is 1. The molecule has 0 unspecified atom stereocenters. The molecule has 2 heterocycles. The van der Waals surface area contributed by atoms with Crippen LogP contribution in [0.15, 0.2) is 57.7 Å². The number of aliphatic hydroxyl groups excluding tert-OH is 1. The fourth-order valence-electron chi connectivity index (χ4n) is 4.00. The molecule has 0 amide bonds.